The molecule has 10 nitrogen and oxygen atoms in total. The fourth-order valence-electron chi connectivity index (χ4n) is 5.34. The van der Waals surface area contributed by atoms with E-state index in [4.69, 9.17) is 4.74 Å². The Kier molecular flexibility index (Phi) is 5.15. The summed E-state index contributed by atoms with van der Waals surface area (Å²) in [4.78, 5) is 54.4. The van der Waals surface area contributed by atoms with Crippen molar-refractivity contribution in [3.8, 4) is 5.75 Å². The fourth-order valence-corrected chi connectivity index (χ4v) is 5.34. The normalized spacial score (nSPS) is 20.8. The minimum absolute atomic E-state index is 0.0988. The van der Waals surface area contributed by atoms with Crippen molar-refractivity contribution in [2.45, 2.75) is 19.4 Å². The summed E-state index contributed by atoms with van der Waals surface area (Å²) in [5.41, 5.74) is 1.60. The van der Waals surface area contributed by atoms with Crippen LogP contribution >= 0.6 is 0 Å². The minimum atomic E-state index is -1.52. The first kappa shape index (κ1) is 21.7. The van der Waals surface area contributed by atoms with E-state index >= 15 is 0 Å². The molecule has 3 heterocycles. The molecular weight excluding hydrogens is 438 g/mol. The number of piperazine rings is 1. The van der Waals surface area contributed by atoms with Crippen molar-refractivity contribution >= 4 is 40.8 Å². The predicted octanol–water partition coefficient (Wildman–Crippen LogP) is 1.26. The van der Waals surface area contributed by atoms with Gasteiger partial charge in [0.1, 0.15) is 5.75 Å². The molecule has 1 atom stereocenters. The molecule has 3 aliphatic heterocycles. The molecule has 0 aromatic heterocycles. The van der Waals surface area contributed by atoms with Gasteiger partial charge in [0, 0.05) is 37.9 Å². The van der Waals surface area contributed by atoms with E-state index in [9.17, 15) is 19.2 Å². The van der Waals surface area contributed by atoms with Crippen LogP contribution < -0.4 is 30.5 Å². The lowest BCUT2D eigenvalue weighted by atomic mass is 9.68. The van der Waals surface area contributed by atoms with Crippen LogP contribution in [0.4, 0.5) is 21.9 Å². The maximum absolute atomic E-state index is 13.4. The van der Waals surface area contributed by atoms with E-state index < -0.39 is 29.3 Å². The van der Waals surface area contributed by atoms with Crippen LogP contribution in [0.25, 0.3) is 0 Å². The second-order valence-electron chi connectivity index (χ2n) is 8.74. The van der Waals surface area contributed by atoms with Gasteiger partial charge in [0.2, 0.25) is 17.7 Å². The van der Waals surface area contributed by atoms with Gasteiger partial charge in [-0.2, -0.15) is 0 Å². The number of barbiturate groups is 1. The third kappa shape index (κ3) is 3.33. The molecule has 0 bridgehead atoms. The van der Waals surface area contributed by atoms with E-state index in [-0.39, 0.29) is 12.3 Å². The van der Waals surface area contributed by atoms with Crippen molar-refractivity contribution in [2.24, 2.45) is 5.41 Å². The lowest BCUT2D eigenvalue weighted by Crippen LogP contribution is -2.74. The predicted molar refractivity (Wildman–Crippen MR) is 125 cm³/mol. The van der Waals surface area contributed by atoms with Gasteiger partial charge < -0.3 is 19.9 Å². The van der Waals surface area contributed by atoms with E-state index in [2.05, 4.69) is 25.8 Å². The smallest absolute Gasteiger partial charge is 0.328 e. The summed E-state index contributed by atoms with van der Waals surface area (Å²) in [6.07, 6.45) is 0.0988. The third-order valence-corrected chi connectivity index (χ3v) is 6.82. The number of methoxy groups -OCH3 is 1. The zero-order valence-electron chi connectivity index (χ0n) is 18.9. The molecule has 2 aromatic carbocycles. The quantitative estimate of drug-likeness (QED) is 0.586. The maximum Gasteiger partial charge on any atom is 0.328 e. The average molecular weight is 463 g/mol. The number of para-hydroxylation sites is 2. The van der Waals surface area contributed by atoms with Crippen LogP contribution in [0.3, 0.4) is 0 Å². The van der Waals surface area contributed by atoms with Crippen LogP contribution in [-0.2, 0) is 20.8 Å². The summed E-state index contributed by atoms with van der Waals surface area (Å²) < 4.78 is 5.54. The van der Waals surface area contributed by atoms with Gasteiger partial charge in [0.15, 0.2) is 5.41 Å². The Bertz CT molecular complexity index is 1190. The average Bonchev–Trinajstić information content (AvgIpc) is 2.81. The van der Waals surface area contributed by atoms with E-state index in [1.165, 1.54) is 6.92 Å². The zero-order chi connectivity index (χ0) is 24.0. The molecule has 1 spiro atoms. The number of hydrogen-bond acceptors (Lipinski definition) is 7. The van der Waals surface area contributed by atoms with Crippen LogP contribution in [0.15, 0.2) is 42.5 Å². The molecule has 2 saturated heterocycles. The molecule has 0 aliphatic carbocycles. The highest BCUT2D eigenvalue weighted by atomic mass is 16.5. The zero-order valence-corrected chi connectivity index (χ0v) is 18.9. The van der Waals surface area contributed by atoms with Crippen LogP contribution in [0.1, 0.15) is 12.5 Å². The molecule has 34 heavy (non-hydrogen) atoms. The number of carbonyl (C=O) groups excluding carboxylic acids is 4. The first-order valence-corrected chi connectivity index (χ1v) is 11.1. The fraction of sp³-hybridized carbons (Fsp3) is 0.333. The molecule has 3 N–H and O–H groups in total. The molecule has 0 saturated carbocycles. The van der Waals surface area contributed by atoms with Crippen molar-refractivity contribution < 1.29 is 23.9 Å². The highest BCUT2D eigenvalue weighted by molar-refractivity contribution is 6.20. The third-order valence-electron chi connectivity index (χ3n) is 6.82. The highest BCUT2D eigenvalue weighted by Crippen LogP contribution is 2.46. The molecule has 5 amide bonds. The van der Waals surface area contributed by atoms with Crippen molar-refractivity contribution in [3.63, 3.8) is 0 Å². The number of hydrogen-bond donors (Lipinski definition) is 3. The Labute approximate surface area is 196 Å². The van der Waals surface area contributed by atoms with Crippen molar-refractivity contribution in [2.75, 3.05) is 41.9 Å². The van der Waals surface area contributed by atoms with Gasteiger partial charge in [-0.3, -0.25) is 25.0 Å². The second kappa shape index (κ2) is 8.05. The largest absolute Gasteiger partial charge is 0.495 e. The minimum Gasteiger partial charge on any atom is -0.495 e. The van der Waals surface area contributed by atoms with Gasteiger partial charge in [-0.05, 0) is 42.3 Å². The lowest BCUT2D eigenvalue weighted by Gasteiger charge is -2.54. The molecule has 0 radical (unpaired) electrons. The molecule has 3 aliphatic rings. The summed E-state index contributed by atoms with van der Waals surface area (Å²) >= 11 is 0. The van der Waals surface area contributed by atoms with Crippen LogP contribution in [0, 0.1) is 5.41 Å². The van der Waals surface area contributed by atoms with Gasteiger partial charge in [-0.15, -0.1) is 0 Å². The molecule has 176 valence electrons. The Morgan fingerprint density at radius 3 is 2.50 bits per heavy atom. The number of ether oxygens (including phenoxy) is 1. The summed E-state index contributed by atoms with van der Waals surface area (Å²) in [7, 11) is 1.60. The Morgan fingerprint density at radius 1 is 1.06 bits per heavy atom. The van der Waals surface area contributed by atoms with E-state index in [0.29, 0.717) is 31.1 Å². The van der Waals surface area contributed by atoms with Crippen molar-refractivity contribution in [1.29, 1.82) is 0 Å². The highest BCUT2D eigenvalue weighted by Gasteiger charge is 2.61. The van der Waals surface area contributed by atoms with Crippen molar-refractivity contribution in [3.05, 3.63) is 48.0 Å². The molecular formula is C24H25N5O5. The van der Waals surface area contributed by atoms with E-state index in [0.717, 1.165) is 16.9 Å². The van der Waals surface area contributed by atoms with E-state index in [1.807, 2.05) is 36.4 Å². The molecule has 2 aromatic rings. The van der Waals surface area contributed by atoms with Crippen LogP contribution in [0.2, 0.25) is 0 Å². The Hall–Kier alpha value is -4.08. The Balaban J connectivity index is 1.60. The van der Waals surface area contributed by atoms with Crippen molar-refractivity contribution in [1.82, 2.24) is 10.6 Å². The second-order valence-corrected chi connectivity index (χ2v) is 8.74. The number of amides is 5. The number of carbonyl (C=O) groups is 4. The first-order chi connectivity index (χ1) is 16.3. The van der Waals surface area contributed by atoms with Gasteiger partial charge in [0.25, 0.3) is 0 Å². The first-order valence-electron chi connectivity index (χ1n) is 11.1. The number of nitrogens with one attached hydrogen (secondary N) is 3. The summed E-state index contributed by atoms with van der Waals surface area (Å²) in [5.74, 6) is -0.746. The topological polar surface area (TPSA) is 120 Å². The number of rotatable bonds is 3. The summed E-state index contributed by atoms with van der Waals surface area (Å²) in [5, 5.41) is 7.37. The van der Waals surface area contributed by atoms with Gasteiger partial charge in [0.05, 0.1) is 18.8 Å². The molecule has 5 rings (SSSR count). The SMILES string of the molecule is COc1ccccc1N1CCN2c3ccc(NC(C)=O)cc3CC3(C(=O)NC(=O)NC3=O)[C@@H]2C1. The van der Waals surface area contributed by atoms with Crippen LogP contribution in [0.5, 0.6) is 5.75 Å². The molecule has 2 fully saturated rings. The number of anilines is 3. The standard InChI is InChI=1S/C24H25N5O5/c1-14(30)25-16-7-8-17-15(11-16)12-24(21(31)26-23(33)27-22(24)32)20-13-28(9-10-29(17)20)18-5-3-4-6-19(18)34-2/h3-8,11,20H,9-10,12-13H2,1-2H3,(H,25,30)(H2,26,27,31,32,33)/t20-/m0/s1. The Morgan fingerprint density at radius 2 is 1.79 bits per heavy atom. The number of imide groups is 2. The monoisotopic (exact) mass is 463 g/mol. The van der Waals surface area contributed by atoms with E-state index in [1.54, 1.807) is 13.2 Å². The summed E-state index contributed by atoms with van der Waals surface area (Å²) in [6, 6.07) is 11.8. The number of urea groups is 1. The van der Waals surface area contributed by atoms with Gasteiger partial charge in [-0.1, -0.05) is 12.1 Å². The number of fused-ring (bicyclic) bond motifs is 4. The maximum atomic E-state index is 13.4. The molecule has 10 heteroatoms. The van der Waals surface area contributed by atoms with Gasteiger partial charge in [-0.25, -0.2) is 4.79 Å². The molecule has 0 unspecified atom stereocenters. The number of benzene rings is 2. The van der Waals surface area contributed by atoms with Gasteiger partial charge >= 0.3 is 6.03 Å². The number of nitrogens with zero attached hydrogens (tertiary/aromatic N) is 2. The summed E-state index contributed by atoms with van der Waals surface area (Å²) in [6.45, 7) is 2.98. The lowest BCUT2D eigenvalue weighted by molar-refractivity contribution is -0.146. The van der Waals surface area contributed by atoms with Crippen LogP contribution in [-0.4, -0.2) is 56.5 Å².